The highest BCUT2D eigenvalue weighted by Gasteiger charge is 2.15. The number of nitrogen functional groups attached to an aromatic ring is 1. The number of anilines is 1. The van der Waals surface area contributed by atoms with Crippen LogP contribution in [0, 0.1) is 0 Å². The Bertz CT molecular complexity index is 717. The Kier molecular flexibility index (Phi) is 3.79. The molecule has 2 rings (SSSR count). The number of halogens is 1. The van der Waals surface area contributed by atoms with Gasteiger partial charge in [-0.2, -0.15) is 0 Å². The molecule has 0 bridgehead atoms. The van der Waals surface area contributed by atoms with Gasteiger partial charge < -0.3 is 10.5 Å². The molecular formula is C12H11BrN2O3S. The van der Waals surface area contributed by atoms with E-state index < -0.39 is 10.0 Å². The molecule has 0 saturated carbocycles. The Labute approximate surface area is 119 Å². The van der Waals surface area contributed by atoms with Crippen LogP contribution in [0.15, 0.2) is 51.8 Å². The van der Waals surface area contributed by atoms with Crippen molar-refractivity contribution in [1.29, 1.82) is 0 Å². The number of nitrogens with two attached hydrogens (primary N) is 2. The van der Waals surface area contributed by atoms with Gasteiger partial charge in [0.25, 0.3) is 0 Å². The lowest BCUT2D eigenvalue weighted by Gasteiger charge is -2.11. The van der Waals surface area contributed by atoms with E-state index in [4.69, 9.17) is 15.6 Å². The third-order valence-electron chi connectivity index (χ3n) is 2.36. The maximum Gasteiger partial charge on any atom is 0.240 e. The zero-order valence-electron chi connectivity index (χ0n) is 9.71. The summed E-state index contributed by atoms with van der Waals surface area (Å²) in [6.07, 6.45) is 0. The molecule has 0 heterocycles. The molecule has 2 aromatic carbocycles. The summed E-state index contributed by atoms with van der Waals surface area (Å²) in [4.78, 5) is -0.153. The Morgan fingerprint density at radius 1 is 1.11 bits per heavy atom. The fourth-order valence-corrected chi connectivity index (χ4v) is 2.57. The van der Waals surface area contributed by atoms with Crippen molar-refractivity contribution in [3.05, 3.63) is 46.9 Å². The summed E-state index contributed by atoms with van der Waals surface area (Å²) < 4.78 is 29.1. The Balaban J connectivity index is 2.42. The van der Waals surface area contributed by atoms with Crippen molar-refractivity contribution in [3.63, 3.8) is 0 Å². The second kappa shape index (κ2) is 5.20. The largest absolute Gasteiger partial charge is 0.455 e. The van der Waals surface area contributed by atoms with E-state index in [1.165, 1.54) is 12.1 Å². The van der Waals surface area contributed by atoms with Crippen LogP contribution in [0.5, 0.6) is 11.5 Å². The van der Waals surface area contributed by atoms with Gasteiger partial charge in [-0.05, 0) is 30.3 Å². The van der Waals surface area contributed by atoms with Crippen LogP contribution in [0.25, 0.3) is 0 Å². The van der Waals surface area contributed by atoms with E-state index in [0.29, 0.717) is 5.75 Å². The Morgan fingerprint density at radius 2 is 1.79 bits per heavy atom. The molecule has 0 aliphatic carbocycles. The van der Waals surface area contributed by atoms with Crippen molar-refractivity contribution in [1.82, 2.24) is 0 Å². The molecule has 0 atom stereocenters. The van der Waals surface area contributed by atoms with E-state index in [1.54, 1.807) is 24.3 Å². The first kappa shape index (κ1) is 13.9. The highest BCUT2D eigenvalue weighted by molar-refractivity contribution is 9.10. The molecule has 5 nitrogen and oxygen atoms in total. The van der Waals surface area contributed by atoms with Gasteiger partial charge >= 0.3 is 0 Å². The van der Waals surface area contributed by atoms with Crippen molar-refractivity contribution in [2.45, 2.75) is 4.90 Å². The first-order chi connectivity index (χ1) is 8.88. The molecule has 0 aliphatic heterocycles. The first-order valence-corrected chi connectivity index (χ1v) is 7.56. The van der Waals surface area contributed by atoms with Crippen LogP contribution < -0.4 is 15.6 Å². The third-order valence-corrected chi connectivity index (χ3v) is 3.82. The van der Waals surface area contributed by atoms with Gasteiger partial charge in [0.1, 0.15) is 10.6 Å². The molecular weight excluding hydrogens is 332 g/mol. The molecule has 0 aromatic heterocycles. The maximum absolute atomic E-state index is 11.3. The van der Waals surface area contributed by atoms with Gasteiger partial charge in [0, 0.05) is 4.47 Å². The van der Waals surface area contributed by atoms with Gasteiger partial charge in [-0.1, -0.05) is 28.1 Å². The number of para-hydroxylation sites is 1. The molecule has 0 aliphatic rings. The van der Waals surface area contributed by atoms with Crippen LogP contribution in [0.1, 0.15) is 0 Å². The summed E-state index contributed by atoms with van der Waals surface area (Å²) >= 11 is 3.31. The highest BCUT2D eigenvalue weighted by Crippen LogP contribution is 2.32. The normalized spacial score (nSPS) is 11.3. The van der Waals surface area contributed by atoms with E-state index in [2.05, 4.69) is 15.9 Å². The molecule has 7 heteroatoms. The zero-order chi connectivity index (χ0) is 14.0. The summed E-state index contributed by atoms with van der Waals surface area (Å²) in [6.45, 7) is 0. The van der Waals surface area contributed by atoms with Crippen molar-refractivity contribution in [2.24, 2.45) is 5.14 Å². The van der Waals surface area contributed by atoms with Crippen LogP contribution in [0.4, 0.5) is 5.69 Å². The average Bonchev–Trinajstić information content (AvgIpc) is 2.30. The second-order valence-electron chi connectivity index (χ2n) is 3.77. The number of benzene rings is 2. The van der Waals surface area contributed by atoms with Crippen LogP contribution in [-0.4, -0.2) is 8.42 Å². The number of ether oxygens (including phenoxy) is 1. The minimum absolute atomic E-state index is 0.00928. The molecule has 0 unspecified atom stereocenters. The quantitative estimate of drug-likeness (QED) is 0.837. The fraction of sp³-hybridized carbons (Fsp3) is 0. The van der Waals surface area contributed by atoms with Gasteiger partial charge in [0.05, 0.1) is 5.69 Å². The second-order valence-corrected chi connectivity index (χ2v) is 6.22. The third kappa shape index (κ3) is 3.25. The molecule has 100 valence electrons. The van der Waals surface area contributed by atoms with E-state index >= 15 is 0 Å². The summed E-state index contributed by atoms with van der Waals surface area (Å²) in [7, 11) is -3.87. The molecule has 2 aromatic rings. The molecule has 4 N–H and O–H groups in total. The van der Waals surface area contributed by atoms with Crippen LogP contribution >= 0.6 is 15.9 Å². The van der Waals surface area contributed by atoms with E-state index in [9.17, 15) is 8.42 Å². The van der Waals surface area contributed by atoms with Crippen LogP contribution in [0.2, 0.25) is 0 Å². The van der Waals surface area contributed by atoms with Crippen LogP contribution in [0.3, 0.4) is 0 Å². The Hall–Kier alpha value is -1.57. The molecule has 0 amide bonds. The van der Waals surface area contributed by atoms with Crippen molar-refractivity contribution < 1.29 is 13.2 Å². The fourth-order valence-electron chi connectivity index (χ4n) is 1.52. The average molecular weight is 343 g/mol. The smallest absolute Gasteiger partial charge is 0.240 e. The van der Waals surface area contributed by atoms with E-state index in [1.807, 2.05) is 6.07 Å². The summed E-state index contributed by atoms with van der Waals surface area (Å²) in [5.74, 6) is 0.775. The molecule has 0 saturated heterocycles. The summed E-state index contributed by atoms with van der Waals surface area (Å²) in [6, 6.07) is 11.5. The highest BCUT2D eigenvalue weighted by atomic mass is 79.9. The predicted molar refractivity (Wildman–Crippen MR) is 76.4 cm³/mol. The number of hydrogen-bond acceptors (Lipinski definition) is 4. The maximum atomic E-state index is 11.3. The summed E-state index contributed by atoms with van der Waals surface area (Å²) in [5.41, 5.74) is 5.75. The molecule has 0 spiro atoms. The van der Waals surface area contributed by atoms with Gasteiger partial charge in [-0.25, -0.2) is 13.6 Å². The molecule has 0 radical (unpaired) electrons. The first-order valence-electron chi connectivity index (χ1n) is 5.22. The van der Waals surface area contributed by atoms with Gasteiger partial charge in [-0.3, -0.25) is 0 Å². The van der Waals surface area contributed by atoms with Crippen molar-refractivity contribution in [3.8, 4) is 11.5 Å². The van der Waals surface area contributed by atoms with Gasteiger partial charge in [0.2, 0.25) is 10.0 Å². The SMILES string of the molecule is Nc1c(Oc2cccc(Br)c2)cccc1S(N)(=O)=O. The zero-order valence-corrected chi connectivity index (χ0v) is 12.1. The number of hydrogen-bond donors (Lipinski definition) is 2. The number of rotatable bonds is 3. The van der Waals surface area contributed by atoms with Crippen molar-refractivity contribution in [2.75, 3.05) is 5.73 Å². The topological polar surface area (TPSA) is 95.4 Å². The Morgan fingerprint density at radius 3 is 2.42 bits per heavy atom. The van der Waals surface area contributed by atoms with Crippen LogP contribution in [-0.2, 0) is 10.0 Å². The lowest BCUT2D eigenvalue weighted by atomic mass is 10.3. The number of primary sulfonamides is 1. The lowest BCUT2D eigenvalue weighted by molar-refractivity contribution is 0.483. The van der Waals surface area contributed by atoms with Crippen molar-refractivity contribution >= 4 is 31.6 Å². The van der Waals surface area contributed by atoms with E-state index in [0.717, 1.165) is 4.47 Å². The minimum atomic E-state index is -3.87. The monoisotopic (exact) mass is 342 g/mol. The van der Waals surface area contributed by atoms with Gasteiger partial charge in [0.15, 0.2) is 5.75 Å². The van der Waals surface area contributed by atoms with E-state index in [-0.39, 0.29) is 16.3 Å². The van der Waals surface area contributed by atoms with Gasteiger partial charge in [-0.15, -0.1) is 0 Å². The summed E-state index contributed by atoms with van der Waals surface area (Å²) in [5, 5.41) is 5.07. The molecule has 0 fully saturated rings. The molecule has 19 heavy (non-hydrogen) atoms. The minimum Gasteiger partial charge on any atom is -0.455 e. The number of sulfonamides is 1. The lowest BCUT2D eigenvalue weighted by Crippen LogP contribution is -2.14. The standard InChI is InChI=1S/C12H11BrN2O3S/c13-8-3-1-4-9(7-8)18-10-5-2-6-11(12(10)14)19(15,16)17/h1-7H,14H2,(H2,15,16,17). The predicted octanol–water partition coefficient (Wildman–Crippen LogP) is 2.47.